The van der Waals surface area contributed by atoms with Crippen LogP contribution in [-0.2, 0) is 30.2 Å². The molecule has 1 heterocycles. The summed E-state index contributed by atoms with van der Waals surface area (Å²) in [5, 5.41) is 12.0. The molecule has 4 atom stereocenters. The van der Waals surface area contributed by atoms with Crippen LogP contribution >= 0.6 is 0 Å². The maximum absolute atomic E-state index is 13.6. The molecule has 0 radical (unpaired) electrons. The minimum Gasteiger partial charge on any atom is -0.461 e. The van der Waals surface area contributed by atoms with Gasteiger partial charge in [-0.25, -0.2) is 0 Å². The van der Waals surface area contributed by atoms with E-state index < -0.39 is 47.0 Å². The molecule has 2 saturated carbocycles. The second kappa shape index (κ2) is 7.96. The molecule has 1 aromatic carbocycles. The topological polar surface area (TPSA) is 82.1 Å². The van der Waals surface area contributed by atoms with Crippen LogP contribution < -0.4 is 0 Å². The van der Waals surface area contributed by atoms with Crippen LogP contribution in [0.1, 0.15) is 72.3 Å². The number of hydrogen-bond donors (Lipinski definition) is 1. The molecule has 4 rings (SSSR count). The van der Waals surface area contributed by atoms with Crippen molar-refractivity contribution in [3.05, 3.63) is 35.9 Å². The van der Waals surface area contributed by atoms with Gasteiger partial charge >= 0.3 is 13.1 Å². The minimum absolute atomic E-state index is 0.0273. The van der Waals surface area contributed by atoms with Crippen molar-refractivity contribution in [3.8, 4) is 0 Å². The first-order chi connectivity index (χ1) is 14.9. The highest BCUT2D eigenvalue weighted by Crippen LogP contribution is 2.59. The van der Waals surface area contributed by atoms with Crippen molar-refractivity contribution < 1.29 is 28.7 Å². The van der Waals surface area contributed by atoms with Crippen LogP contribution in [0.3, 0.4) is 0 Å². The molecule has 1 aliphatic heterocycles. The summed E-state index contributed by atoms with van der Waals surface area (Å²) in [5.74, 6) is -1.76. The summed E-state index contributed by atoms with van der Waals surface area (Å²) in [6.45, 7) is 9.82. The standard InChI is InChI=1S/C25H35BO6/c1-22(2)23(3,4)32-26(31-22)18-13-15-24(5)19(27)12-9-14-25(24,29)20(18)21(28)30-16-17-10-7-6-8-11-17/h6-8,10-11,18,20,29H,9,12-16H2,1-5H3/t18-,20-,24-,25+/m1/s1. The van der Waals surface area contributed by atoms with Crippen molar-refractivity contribution in [2.24, 2.45) is 11.3 Å². The minimum atomic E-state index is -1.48. The molecular weight excluding hydrogens is 407 g/mol. The number of ether oxygens (including phenoxy) is 1. The molecule has 2 aliphatic carbocycles. The summed E-state index contributed by atoms with van der Waals surface area (Å²) in [6, 6.07) is 9.47. The lowest BCUT2D eigenvalue weighted by Gasteiger charge is -2.56. The van der Waals surface area contributed by atoms with E-state index in [1.807, 2.05) is 65.0 Å². The molecule has 0 unspecified atom stereocenters. The molecule has 0 bridgehead atoms. The van der Waals surface area contributed by atoms with E-state index >= 15 is 0 Å². The van der Waals surface area contributed by atoms with Crippen LogP contribution in [0.25, 0.3) is 0 Å². The van der Waals surface area contributed by atoms with E-state index in [1.54, 1.807) is 0 Å². The highest BCUT2D eigenvalue weighted by atomic mass is 16.7. The summed E-state index contributed by atoms with van der Waals surface area (Å²) in [4.78, 5) is 26.5. The number of hydrogen-bond acceptors (Lipinski definition) is 6. The zero-order valence-corrected chi connectivity index (χ0v) is 19.8. The number of rotatable bonds is 4. The zero-order chi connectivity index (χ0) is 23.4. The van der Waals surface area contributed by atoms with Gasteiger partial charge in [-0.1, -0.05) is 36.8 Å². The van der Waals surface area contributed by atoms with Crippen LogP contribution in [0.4, 0.5) is 0 Å². The van der Waals surface area contributed by atoms with E-state index in [9.17, 15) is 14.7 Å². The van der Waals surface area contributed by atoms with Crippen molar-refractivity contribution >= 4 is 18.9 Å². The number of esters is 1. The van der Waals surface area contributed by atoms with Gasteiger partial charge in [0.1, 0.15) is 12.4 Å². The highest BCUT2D eigenvalue weighted by molar-refractivity contribution is 6.48. The van der Waals surface area contributed by atoms with E-state index in [2.05, 4.69) is 0 Å². The largest absolute Gasteiger partial charge is 0.462 e. The molecule has 0 spiro atoms. The molecular formula is C25H35BO6. The van der Waals surface area contributed by atoms with E-state index in [0.717, 1.165) is 5.56 Å². The van der Waals surface area contributed by atoms with Crippen molar-refractivity contribution in [1.29, 1.82) is 0 Å². The quantitative estimate of drug-likeness (QED) is 0.559. The number of ketones is 1. The van der Waals surface area contributed by atoms with Crippen molar-refractivity contribution in [1.82, 2.24) is 0 Å². The van der Waals surface area contributed by atoms with Crippen molar-refractivity contribution in [2.75, 3.05) is 0 Å². The average Bonchev–Trinajstić information content (AvgIpc) is 2.95. The molecule has 0 aromatic heterocycles. The van der Waals surface area contributed by atoms with Gasteiger partial charge in [-0.2, -0.15) is 0 Å². The fourth-order valence-electron chi connectivity index (χ4n) is 5.69. The molecule has 7 heteroatoms. The predicted molar refractivity (Wildman–Crippen MR) is 121 cm³/mol. The van der Waals surface area contributed by atoms with E-state index in [0.29, 0.717) is 32.1 Å². The van der Waals surface area contributed by atoms with Crippen molar-refractivity contribution in [3.63, 3.8) is 0 Å². The Labute approximate surface area is 191 Å². The Morgan fingerprint density at radius 3 is 2.34 bits per heavy atom. The first-order valence-electron chi connectivity index (χ1n) is 11.7. The van der Waals surface area contributed by atoms with E-state index in [4.69, 9.17) is 14.0 Å². The summed E-state index contributed by atoms with van der Waals surface area (Å²) < 4.78 is 18.3. The third-order valence-electron chi connectivity index (χ3n) is 8.55. The first kappa shape index (κ1) is 23.5. The van der Waals surface area contributed by atoms with Gasteiger partial charge < -0.3 is 19.2 Å². The normalized spacial score (nSPS) is 35.9. The predicted octanol–water partition coefficient (Wildman–Crippen LogP) is 4.09. The second-order valence-corrected chi connectivity index (χ2v) is 10.9. The summed E-state index contributed by atoms with van der Waals surface area (Å²) in [7, 11) is -0.653. The van der Waals surface area contributed by atoms with E-state index in [-0.39, 0.29) is 12.4 Å². The van der Waals surface area contributed by atoms with Crippen LogP contribution in [-0.4, -0.2) is 40.8 Å². The average molecular weight is 442 g/mol. The van der Waals surface area contributed by atoms with Gasteiger partial charge in [0, 0.05) is 12.2 Å². The fraction of sp³-hybridized carbons (Fsp3) is 0.680. The van der Waals surface area contributed by atoms with Gasteiger partial charge in [-0.3, -0.25) is 9.59 Å². The molecule has 1 N–H and O–H groups in total. The Kier molecular flexibility index (Phi) is 5.84. The number of fused-ring (bicyclic) bond motifs is 1. The summed E-state index contributed by atoms with van der Waals surface area (Å²) in [5.41, 5.74) is -2.69. The lowest BCUT2D eigenvalue weighted by atomic mass is 9.44. The highest BCUT2D eigenvalue weighted by Gasteiger charge is 2.68. The lowest BCUT2D eigenvalue weighted by Crippen LogP contribution is -2.65. The van der Waals surface area contributed by atoms with Gasteiger partial charge in [0.2, 0.25) is 0 Å². The van der Waals surface area contributed by atoms with Crippen LogP contribution in [0.15, 0.2) is 30.3 Å². The van der Waals surface area contributed by atoms with Crippen LogP contribution in [0, 0.1) is 11.3 Å². The Morgan fingerprint density at radius 1 is 1.09 bits per heavy atom. The monoisotopic (exact) mass is 442 g/mol. The Morgan fingerprint density at radius 2 is 1.72 bits per heavy atom. The SMILES string of the molecule is CC1(C)OB([C@@H]2CC[C@]3(C)C(=O)CCC[C@]3(O)[C@H]2C(=O)OCc2ccccc2)OC1(C)C. The lowest BCUT2D eigenvalue weighted by molar-refractivity contribution is -0.196. The second-order valence-electron chi connectivity index (χ2n) is 10.9. The van der Waals surface area contributed by atoms with Gasteiger partial charge in [-0.15, -0.1) is 0 Å². The number of benzene rings is 1. The number of aliphatic hydroxyl groups is 1. The number of Topliss-reactive ketones (excluding diaryl/α,β-unsaturated/α-hetero) is 1. The molecule has 174 valence electrons. The molecule has 3 aliphatic rings. The maximum atomic E-state index is 13.6. The van der Waals surface area contributed by atoms with Crippen LogP contribution in [0.5, 0.6) is 0 Å². The fourth-order valence-corrected chi connectivity index (χ4v) is 5.69. The third-order valence-corrected chi connectivity index (χ3v) is 8.55. The van der Waals surface area contributed by atoms with Crippen molar-refractivity contribution in [2.45, 2.75) is 96.0 Å². The number of carbonyl (C=O) groups is 2. The molecule has 0 amide bonds. The first-order valence-corrected chi connectivity index (χ1v) is 11.7. The summed E-state index contributed by atoms with van der Waals surface area (Å²) >= 11 is 0. The summed E-state index contributed by atoms with van der Waals surface area (Å²) in [6.07, 6.45) is 2.43. The van der Waals surface area contributed by atoms with Gasteiger partial charge in [0.05, 0.1) is 28.1 Å². The Balaban J connectivity index is 1.66. The van der Waals surface area contributed by atoms with E-state index in [1.165, 1.54) is 0 Å². The third kappa shape index (κ3) is 3.62. The maximum Gasteiger partial charge on any atom is 0.462 e. The van der Waals surface area contributed by atoms with Gasteiger partial charge in [0.15, 0.2) is 0 Å². The molecule has 1 saturated heterocycles. The number of carbonyl (C=O) groups excluding carboxylic acids is 2. The molecule has 32 heavy (non-hydrogen) atoms. The Hall–Kier alpha value is -1.70. The van der Waals surface area contributed by atoms with Gasteiger partial charge in [-0.05, 0) is 59.4 Å². The van der Waals surface area contributed by atoms with Gasteiger partial charge in [0.25, 0.3) is 0 Å². The molecule has 1 aromatic rings. The molecule has 3 fully saturated rings. The smallest absolute Gasteiger partial charge is 0.461 e. The Bertz CT molecular complexity index is 868. The zero-order valence-electron chi connectivity index (χ0n) is 19.8. The molecule has 6 nitrogen and oxygen atoms in total. The van der Waals surface area contributed by atoms with Crippen LogP contribution in [0.2, 0.25) is 5.82 Å².